The van der Waals surface area contributed by atoms with Crippen LogP contribution in [0.5, 0.6) is 0 Å². The summed E-state index contributed by atoms with van der Waals surface area (Å²) in [5, 5.41) is 0. The Morgan fingerprint density at radius 1 is 0.429 bits per heavy atom. The van der Waals surface area contributed by atoms with Crippen LogP contribution in [-0.4, -0.2) is 17.4 Å². The summed E-state index contributed by atoms with van der Waals surface area (Å²) in [4.78, 5) is 0. The zero-order valence-electron chi connectivity index (χ0n) is 2.94. The largest absolute Gasteiger partial charge is 3.00 e. The maximum Gasteiger partial charge on any atom is 3.00 e. The summed E-state index contributed by atoms with van der Waals surface area (Å²) in [5.41, 5.74) is 0. The van der Waals surface area contributed by atoms with E-state index in [2.05, 4.69) is 0 Å². The predicted molar refractivity (Wildman–Crippen MR) is 13.3 cm³/mol. The minimum atomic E-state index is 0. The minimum absolute atomic E-state index is 0. The fourth-order valence-electron chi connectivity index (χ4n) is 0. The van der Waals surface area contributed by atoms with E-state index in [4.69, 9.17) is 0 Å². The molecule has 0 bridgehead atoms. The summed E-state index contributed by atoms with van der Waals surface area (Å²) < 4.78 is 0. The molecule has 0 nitrogen and oxygen atoms in total. The normalized spacial score (nSPS) is 0. The summed E-state index contributed by atoms with van der Waals surface area (Å²) in [6.07, 6.45) is 0. The molecule has 7 heteroatoms. The number of hydrogen-bond acceptors (Lipinski definition) is 0. The van der Waals surface area contributed by atoms with Crippen molar-refractivity contribution in [3.05, 3.63) is 0 Å². The first kappa shape index (κ1) is 21000. The van der Waals surface area contributed by atoms with Gasteiger partial charge in [-0.2, -0.15) is 0 Å². The Morgan fingerprint density at radius 3 is 0.429 bits per heavy atom. The van der Waals surface area contributed by atoms with Crippen molar-refractivity contribution >= 4 is 17.4 Å². The molecule has 0 aliphatic heterocycles. The van der Waals surface area contributed by atoms with Crippen LogP contribution in [0.3, 0.4) is 0 Å². The van der Waals surface area contributed by atoms with E-state index in [9.17, 15) is 0 Å². The van der Waals surface area contributed by atoms with E-state index in [0.717, 1.165) is 0 Å². The first-order valence-electron chi connectivity index (χ1n) is 0. The SMILES string of the molecule is F.F.F.[Al+3].[F-].[F-].[F-]. The van der Waals surface area contributed by atoms with Crippen LogP contribution in [0.15, 0.2) is 0 Å². The molecule has 0 atom stereocenters. The summed E-state index contributed by atoms with van der Waals surface area (Å²) in [6.45, 7) is 0. The van der Waals surface area contributed by atoms with Crippen molar-refractivity contribution in [1.29, 1.82) is 0 Å². The summed E-state index contributed by atoms with van der Waals surface area (Å²) in [7, 11) is 0. The Balaban J connectivity index is 0. The molecule has 0 N–H and O–H groups in total. The van der Waals surface area contributed by atoms with E-state index in [0.29, 0.717) is 0 Å². The van der Waals surface area contributed by atoms with E-state index in [1.807, 2.05) is 0 Å². The van der Waals surface area contributed by atoms with Gasteiger partial charge in [0.1, 0.15) is 0 Å². The zero-order chi connectivity index (χ0) is 0. The third-order valence-electron chi connectivity index (χ3n) is 0. The molecule has 0 rings (SSSR count). The summed E-state index contributed by atoms with van der Waals surface area (Å²) in [6, 6.07) is 0. The van der Waals surface area contributed by atoms with Crippen molar-refractivity contribution in [3.8, 4) is 0 Å². The molecule has 0 heterocycles. The predicted octanol–water partition coefficient (Wildman–Crippen LogP) is -8.91. The van der Waals surface area contributed by atoms with Gasteiger partial charge in [-0.05, 0) is 0 Å². The van der Waals surface area contributed by atoms with Crippen LogP contribution < -0.4 is 14.1 Å². The Hall–Kier alpha value is 0.112. The molecule has 0 aromatic carbocycles. The molecule has 7 heavy (non-hydrogen) atoms. The monoisotopic (exact) mass is 144 g/mol. The topological polar surface area (TPSA) is 0 Å². The molecule has 0 aliphatic carbocycles. The van der Waals surface area contributed by atoms with Crippen molar-refractivity contribution in [2.24, 2.45) is 0 Å². The van der Waals surface area contributed by atoms with Crippen molar-refractivity contribution in [3.63, 3.8) is 0 Å². The third-order valence-corrected chi connectivity index (χ3v) is 0. The number of halogens is 6. The van der Waals surface area contributed by atoms with Crippen molar-refractivity contribution in [2.45, 2.75) is 0 Å². The van der Waals surface area contributed by atoms with E-state index in [-0.39, 0.29) is 45.6 Å². The van der Waals surface area contributed by atoms with Crippen LogP contribution in [0.4, 0.5) is 14.1 Å². The Kier molecular flexibility index (Phi) is 37900000. The van der Waals surface area contributed by atoms with Crippen LogP contribution in [0.1, 0.15) is 0 Å². The van der Waals surface area contributed by atoms with Crippen LogP contribution in [-0.2, 0) is 0 Å². The van der Waals surface area contributed by atoms with Crippen molar-refractivity contribution in [1.82, 2.24) is 0 Å². The van der Waals surface area contributed by atoms with Gasteiger partial charge in [0.2, 0.25) is 0 Å². The molecule has 48 valence electrons. The molecule has 0 fully saturated rings. The average Bonchev–Trinajstić information content (AvgIpc) is 0. The summed E-state index contributed by atoms with van der Waals surface area (Å²) in [5.74, 6) is 0. The fourth-order valence-corrected chi connectivity index (χ4v) is 0. The van der Waals surface area contributed by atoms with E-state index < -0.39 is 0 Å². The van der Waals surface area contributed by atoms with Gasteiger partial charge in [0.05, 0.1) is 0 Å². The number of rotatable bonds is 0. The Labute approximate surface area is 46.6 Å². The molecule has 0 spiro atoms. The molecule has 0 radical (unpaired) electrons. The second-order valence-corrected chi connectivity index (χ2v) is 0. The number of hydrogen-bond donors (Lipinski definition) is 0. The second kappa shape index (κ2) is 12600. The summed E-state index contributed by atoms with van der Waals surface area (Å²) >= 11 is 0. The van der Waals surface area contributed by atoms with Gasteiger partial charge in [-0.1, -0.05) is 0 Å². The van der Waals surface area contributed by atoms with Crippen LogP contribution in [0.25, 0.3) is 0 Å². The van der Waals surface area contributed by atoms with E-state index in [1.165, 1.54) is 0 Å². The van der Waals surface area contributed by atoms with Crippen LogP contribution >= 0.6 is 0 Å². The van der Waals surface area contributed by atoms with Gasteiger partial charge in [0, 0.05) is 0 Å². The first-order chi connectivity index (χ1) is 0. The van der Waals surface area contributed by atoms with Crippen LogP contribution in [0, 0.1) is 0 Å². The van der Waals surface area contributed by atoms with Gasteiger partial charge in [-0.25, -0.2) is 0 Å². The van der Waals surface area contributed by atoms with Gasteiger partial charge < -0.3 is 14.1 Å². The van der Waals surface area contributed by atoms with Gasteiger partial charge in [0.25, 0.3) is 0 Å². The average molecular weight is 144 g/mol. The van der Waals surface area contributed by atoms with Gasteiger partial charge in [-0.3, -0.25) is 14.1 Å². The fraction of sp³-hybridized carbons (Fsp3) is 0. The maximum absolute atomic E-state index is 0. The quantitative estimate of drug-likeness (QED) is 0.234. The van der Waals surface area contributed by atoms with Gasteiger partial charge >= 0.3 is 17.4 Å². The second-order valence-electron chi connectivity index (χ2n) is 0. The zero-order valence-corrected chi connectivity index (χ0v) is 4.09. The van der Waals surface area contributed by atoms with E-state index in [1.54, 1.807) is 0 Å². The molecule has 0 saturated carbocycles. The standard InChI is InChI=1S/Al.6FH/h;6*1H/q+3;;;;;;/p-3. The third kappa shape index (κ3) is 8170. The van der Waals surface area contributed by atoms with Crippen LogP contribution in [0.2, 0.25) is 0 Å². The van der Waals surface area contributed by atoms with Crippen molar-refractivity contribution < 1.29 is 28.2 Å². The molecule has 0 aromatic heterocycles. The molecule has 0 unspecified atom stereocenters. The first-order valence-corrected chi connectivity index (χ1v) is 0. The molecule has 0 aliphatic rings. The van der Waals surface area contributed by atoms with Gasteiger partial charge in [-0.15, -0.1) is 0 Å². The molecule has 0 amide bonds. The van der Waals surface area contributed by atoms with Crippen molar-refractivity contribution in [2.75, 3.05) is 0 Å². The van der Waals surface area contributed by atoms with Gasteiger partial charge in [0.15, 0.2) is 0 Å². The Bertz CT molecular complexity index is 4.14. The van der Waals surface area contributed by atoms with E-state index >= 15 is 0 Å². The molecule has 0 aromatic rings. The Morgan fingerprint density at radius 2 is 0.429 bits per heavy atom. The maximum atomic E-state index is 0. The molecule has 0 saturated heterocycles. The molecular formula is H3AlF6. The molecular weight excluding hydrogens is 141 g/mol. The minimum Gasteiger partial charge on any atom is -1.00 e. The smallest absolute Gasteiger partial charge is 1.00 e.